The monoisotopic (exact) mass is 526 g/mol. The van der Waals surface area contributed by atoms with Crippen LogP contribution in [0.15, 0.2) is 48.5 Å². The van der Waals surface area contributed by atoms with Gasteiger partial charge in [0.1, 0.15) is 0 Å². The Labute approximate surface area is 215 Å². The Morgan fingerprint density at radius 2 is 1.62 bits per heavy atom. The van der Waals surface area contributed by atoms with E-state index in [1.807, 2.05) is 36.4 Å². The number of hydrogen-bond acceptors (Lipinski definition) is 5. The Hall–Kier alpha value is -1.38. The molecule has 0 aromatic heterocycles. The van der Waals surface area contributed by atoms with E-state index in [2.05, 4.69) is 10.2 Å². The third-order valence-electron chi connectivity index (χ3n) is 6.22. The maximum absolute atomic E-state index is 11.9. The zero-order valence-electron chi connectivity index (χ0n) is 18.8. The molecule has 6 nitrogen and oxygen atoms in total. The standard InChI is InChI=1S/C25H29Cl3N2O4/c26-25(27,28)24(32)29-20-10-8-19(9-11-20)23-33-21(15-30-12-2-1-3-13-30)14-22(34-23)18-6-4-17(16-31)5-7-18/h4-11,21-23,31H,1-3,12-16H2,(H,29,32)/t21-,22+,23+/m0/s1. The number of carbonyl (C=O) groups excluding carboxylic acids is 1. The van der Waals surface area contributed by atoms with Gasteiger partial charge in [-0.2, -0.15) is 0 Å². The summed E-state index contributed by atoms with van der Waals surface area (Å²) in [5.41, 5.74) is 3.27. The molecule has 3 atom stereocenters. The molecule has 4 rings (SSSR count). The summed E-state index contributed by atoms with van der Waals surface area (Å²) in [5.74, 6) is -0.719. The van der Waals surface area contributed by atoms with Crippen LogP contribution in [0.25, 0.3) is 0 Å². The van der Waals surface area contributed by atoms with Crippen LogP contribution in [0.5, 0.6) is 0 Å². The van der Waals surface area contributed by atoms with Crippen molar-refractivity contribution in [2.75, 3.05) is 25.0 Å². The molecule has 2 heterocycles. The van der Waals surface area contributed by atoms with E-state index in [0.29, 0.717) is 5.69 Å². The molecule has 0 unspecified atom stereocenters. The predicted molar refractivity (Wildman–Crippen MR) is 134 cm³/mol. The number of aliphatic hydroxyl groups excluding tert-OH is 1. The van der Waals surface area contributed by atoms with Crippen LogP contribution >= 0.6 is 34.8 Å². The number of aliphatic hydroxyl groups is 1. The first kappa shape index (κ1) is 25.7. The fourth-order valence-electron chi connectivity index (χ4n) is 4.39. The van der Waals surface area contributed by atoms with Crippen molar-refractivity contribution in [3.8, 4) is 0 Å². The molecule has 0 radical (unpaired) electrons. The van der Waals surface area contributed by atoms with E-state index in [9.17, 15) is 9.90 Å². The van der Waals surface area contributed by atoms with E-state index >= 15 is 0 Å². The second-order valence-electron chi connectivity index (χ2n) is 8.79. The highest BCUT2D eigenvalue weighted by atomic mass is 35.6. The number of likely N-dealkylation sites (tertiary alicyclic amines) is 1. The lowest BCUT2D eigenvalue weighted by atomic mass is 9.99. The minimum Gasteiger partial charge on any atom is -0.392 e. The van der Waals surface area contributed by atoms with Crippen molar-refractivity contribution in [3.63, 3.8) is 0 Å². The van der Waals surface area contributed by atoms with Gasteiger partial charge in [0.05, 0.1) is 18.8 Å². The molecule has 2 N–H and O–H groups in total. The first-order valence-electron chi connectivity index (χ1n) is 11.5. The van der Waals surface area contributed by atoms with Crippen molar-refractivity contribution < 1.29 is 19.4 Å². The van der Waals surface area contributed by atoms with Crippen molar-refractivity contribution in [1.82, 2.24) is 4.90 Å². The number of benzene rings is 2. The van der Waals surface area contributed by atoms with Crippen LogP contribution in [0.2, 0.25) is 0 Å². The van der Waals surface area contributed by atoms with Gasteiger partial charge in [0.15, 0.2) is 6.29 Å². The lowest BCUT2D eigenvalue weighted by Crippen LogP contribution is -2.41. The van der Waals surface area contributed by atoms with E-state index in [1.54, 1.807) is 12.1 Å². The molecule has 1 amide bonds. The average molecular weight is 528 g/mol. The van der Waals surface area contributed by atoms with E-state index in [1.165, 1.54) is 19.3 Å². The summed E-state index contributed by atoms with van der Waals surface area (Å²) >= 11 is 16.9. The van der Waals surface area contributed by atoms with Gasteiger partial charge in [0, 0.05) is 24.2 Å². The molecule has 2 aromatic carbocycles. The van der Waals surface area contributed by atoms with Gasteiger partial charge >= 0.3 is 0 Å². The summed E-state index contributed by atoms with van der Waals surface area (Å²) in [6.45, 7) is 3.07. The molecule has 2 aromatic rings. The summed E-state index contributed by atoms with van der Waals surface area (Å²) in [4.78, 5) is 14.4. The largest absolute Gasteiger partial charge is 0.392 e. The van der Waals surface area contributed by atoms with Gasteiger partial charge in [-0.15, -0.1) is 0 Å². The van der Waals surface area contributed by atoms with Crippen LogP contribution in [-0.4, -0.2) is 45.4 Å². The molecule has 0 spiro atoms. The van der Waals surface area contributed by atoms with Crippen molar-refractivity contribution in [2.45, 2.75) is 54.6 Å². The summed E-state index contributed by atoms with van der Waals surface area (Å²) < 4.78 is 10.7. The van der Waals surface area contributed by atoms with Gasteiger partial charge in [0.2, 0.25) is 0 Å². The number of ether oxygens (including phenoxy) is 2. The number of amides is 1. The number of carbonyl (C=O) groups is 1. The lowest BCUT2D eigenvalue weighted by molar-refractivity contribution is -0.253. The third-order valence-corrected chi connectivity index (χ3v) is 6.74. The molecule has 0 aliphatic carbocycles. The Balaban J connectivity index is 1.50. The first-order chi connectivity index (χ1) is 16.3. The highest BCUT2D eigenvalue weighted by Crippen LogP contribution is 2.38. The zero-order valence-corrected chi connectivity index (χ0v) is 21.0. The summed E-state index contributed by atoms with van der Waals surface area (Å²) in [6.07, 6.45) is 3.81. The molecule has 0 saturated carbocycles. The van der Waals surface area contributed by atoms with Crippen molar-refractivity contribution >= 4 is 46.4 Å². The fourth-order valence-corrected chi connectivity index (χ4v) is 4.53. The van der Waals surface area contributed by atoms with Gasteiger partial charge in [-0.1, -0.05) is 77.6 Å². The summed E-state index contributed by atoms with van der Waals surface area (Å²) in [7, 11) is 0. The second-order valence-corrected chi connectivity index (χ2v) is 11.1. The lowest BCUT2D eigenvalue weighted by Gasteiger charge is -2.39. The number of piperidine rings is 1. The molecule has 2 fully saturated rings. The van der Waals surface area contributed by atoms with E-state index in [-0.39, 0.29) is 18.8 Å². The van der Waals surface area contributed by atoms with Crippen LogP contribution in [-0.2, 0) is 20.9 Å². The highest BCUT2D eigenvalue weighted by Gasteiger charge is 2.34. The van der Waals surface area contributed by atoms with Gasteiger partial charge in [-0.05, 0) is 49.2 Å². The number of alkyl halides is 3. The Morgan fingerprint density at radius 3 is 2.24 bits per heavy atom. The quantitative estimate of drug-likeness (QED) is 0.484. The number of hydrogen-bond donors (Lipinski definition) is 2. The zero-order chi connectivity index (χ0) is 24.1. The predicted octanol–water partition coefficient (Wildman–Crippen LogP) is 5.52. The fraction of sp³-hybridized carbons (Fsp3) is 0.480. The van der Waals surface area contributed by atoms with Gasteiger partial charge in [-0.25, -0.2) is 0 Å². The Bertz CT molecular complexity index is 944. The Kier molecular flexibility index (Phi) is 8.75. The van der Waals surface area contributed by atoms with Gasteiger partial charge < -0.3 is 24.8 Å². The number of halogens is 3. The van der Waals surface area contributed by atoms with Gasteiger partial charge in [0.25, 0.3) is 9.70 Å². The first-order valence-corrected chi connectivity index (χ1v) is 12.7. The number of rotatable bonds is 6. The van der Waals surface area contributed by atoms with Crippen LogP contribution in [0, 0.1) is 0 Å². The number of nitrogens with zero attached hydrogens (tertiary/aromatic N) is 1. The van der Waals surface area contributed by atoms with Crippen LogP contribution < -0.4 is 5.32 Å². The molecule has 9 heteroatoms. The second kappa shape index (κ2) is 11.6. The molecule has 34 heavy (non-hydrogen) atoms. The van der Waals surface area contributed by atoms with Crippen molar-refractivity contribution in [3.05, 3.63) is 65.2 Å². The molecule has 2 saturated heterocycles. The number of anilines is 1. The molecular weight excluding hydrogens is 499 g/mol. The average Bonchev–Trinajstić information content (AvgIpc) is 2.84. The number of nitrogens with one attached hydrogen (secondary N) is 1. The molecule has 0 bridgehead atoms. The van der Waals surface area contributed by atoms with Crippen LogP contribution in [0.1, 0.15) is 54.8 Å². The normalized spacial score (nSPS) is 24.1. The van der Waals surface area contributed by atoms with E-state index in [4.69, 9.17) is 44.3 Å². The van der Waals surface area contributed by atoms with Crippen molar-refractivity contribution in [1.29, 1.82) is 0 Å². The smallest absolute Gasteiger partial charge is 0.276 e. The van der Waals surface area contributed by atoms with Crippen LogP contribution in [0.3, 0.4) is 0 Å². The van der Waals surface area contributed by atoms with E-state index in [0.717, 1.165) is 42.7 Å². The minimum absolute atomic E-state index is 0.0102. The molecular formula is C25H29Cl3N2O4. The van der Waals surface area contributed by atoms with Gasteiger partial charge in [-0.3, -0.25) is 4.79 Å². The topological polar surface area (TPSA) is 71.0 Å². The highest BCUT2D eigenvalue weighted by molar-refractivity contribution is 6.76. The summed E-state index contributed by atoms with van der Waals surface area (Å²) in [5, 5.41) is 11.9. The third kappa shape index (κ3) is 6.85. The van der Waals surface area contributed by atoms with Crippen LogP contribution in [0.4, 0.5) is 5.69 Å². The van der Waals surface area contributed by atoms with Crippen molar-refractivity contribution in [2.24, 2.45) is 0 Å². The molecule has 2 aliphatic rings. The molecule has 2 aliphatic heterocycles. The Morgan fingerprint density at radius 1 is 0.971 bits per heavy atom. The molecule has 184 valence electrons. The maximum atomic E-state index is 11.9. The maximum Gasteiger partial charge on any atom is 0.276 e. The van der Waals surface area contributed by atoms with E-state index < -0.39 is 16.0 Å². The summed E-state index contributed by atoms with van der Waals surface area (Å²) in [6, 6.07) is 15.0. The SMILES string of the molecule is O=C(Nc1ccc([C@@H]2O[C@H](CN3CCCCC3)C[C@H](c3ccc(CO)cc3)O2)cc1)C(Cl)(Cl)Cl. The minimum atomic E-state index is -2.03.